The predicted molar refractivity (Wildman–Crippen MR) is 105 cm³/mol. The first-order valence-corrected chi connectivity index (χ1v) is 8.75. The number of ether oxygens (including phenoxy) is 1. The van der Waals surface area contributed by atoms with Crippen LogP contribution in [0.15, 0.2) is 65.8 Å². The number of hydrogen-bond donors (Lipinski definition) is 0. The van der Waals surface area contributed by atoms with Crippen molar-refractivity contribution in [3.63, 3.8) is 0 Å². The number of hydrogen-bond acceptors (Lipinski definition) is 5. The summed E-state index contributed by atoms with van der Waals surface area (Å²) in [5, 5.41) is 4.69. The molecule has 0 aliphatic heterocycles. The summed E-state index contributed by atoms with van der Waals surface area (Å²) in [5.41, 5.74) is 2.51. The van der Waals surface area contributed by atoms with Crippen LogP contribution in [0.3, 0.4) is 0 Å². The van der Waals surface area contributed by atoms with Crippen molar-refractivity contribution in [2.75, 3.05) is 7.11 Å². The highest BCUT2D eigenvalue weighted by Crippen LogP contribution is 2.17. The molecule has 0 N–H and O–H groups in total. The predicted octanol–water partition coefficient (Wildman–Crippen LogP) is 2.78. The first-order valence-electron chi connectivity index (χ1n) is 8.75. The van der Waals surface area contributed by atoms with Crippen LogP contribution in [0.5, 0.6) is 5.75 Å². The molecule has 0 unspecified atom stereocenters. The molecule has 0 spiro atoms. The standard InChI is InChI=1S/C21H18N4O3/c1-14-6-3-4-9-18(14)25-20-17(11-23-25)21(27)24(13-22-20)12-19(26)15-7-5-8-16(10-15)28-2/h3-11,13H,12H2,1-2H3. The third-order valence-corrected chi connectivity index (χ3v) is 4.60. The van der Waals surface area contributed by atoms with Crippen LogP contribution in [0.2, 0.25) is 0 Å². The van der Waals surface area contributed by atoms with E-state index in [4.69, 9.17) is 4.74 Å². The number of rotatable bonds is 5. The van der Waals surface area contributed by atoms with Crippen molar-refractivity contribution in [3.8, 4) is 11.4 Å². The van der Waals surface area contributed by atoms with E-state index in [1.54, 1.807) is 28.9 Å². The van der Waals surface area contributed by atoms with E-state index in [1.165, 1.54) is 24.2 Å². The maximum absolute atomic E-state index is 12.8. The van der Waals surface area contributed by atoms with Gasteiger partial charge in [0, 0.05) is 5.56 Å². The summed E-state index contributed by atoms with van der Waals surface area (Å²) >= 11 is 0. The zero-order valence-electron chi connectivity index (χ0n) is 15.5. The molecule has 7 heteroatoms. The molecule has 2 aromatic heterocycles. The quantitative estimate of drug-likeness (QED) is 0.502. The minimum Gasteiger partial charge on any atom is -0.497 e. The minimum absolute atomic E-state index is 0.107. The van der Waals surface area contributed by atoms with Crippen molar-refractivity contribution in [3.05, 3.63) is 82.5 Å². The van der Waals surface area contributed by atoms with E-state index in [1.807, 2.05) is 31.2 Å². The number of para-hydroxylation sites is 1. The summed E-state index contributed by atoms with van der Waals surface area (Å²) in [7, 11) is 1.54. The van der Waals surface area contributed by atoms with Crippen LogP contribution in [-0.2, 0) is 6.54 Å². The molecule has 0 atom stereocenters. The normalized spacial score (nSPS) is 10.9. The number of nitrogens with zero attached hydrogens (tertiary/aromatic N) is 4. The van der Waals surface area contributed by atoms with Crippen LogP contribution >= 0.6 is 0 Å². The number of aryl methyl sites for hydroxylation is 1. The molecule has 2 heterocycles. The Morgan fingerprint density at radius 1 is 1.14 bits per heavy atom. The lowest BCUT2D eigenvalue weighted by Gasteiger charge is -2.08. The number of carbonyl (C=O) groups excluding carboxylic acids is 1. The van der Waals surface area contributed by atoms with E-state index in [0.717, 1.165) is 11.3 Å². The number of aromatic nitrogens is 4. The molecule has 28 heavy (non-hydrogen) atoms. The lowest BCUT2D eigenvalue weighted by atomic mass is 10.1. The molecule has 0 saturated heterocycles. The average molecular weight is 374 g/mol. The van der Waals surface area contributed by atoms with E-state index in [-0.39, 0.29) is 17.9 Å². The molecule has 0 bridgehead atoms. The molecule has 4 rings (SSSR count). The topological polar surface area (TPSA) is 79.0 Å². The lowest BCUT2D eigenvalue weighted by Crippen LogP contribution is -2.24. The summed E-state index contributed by atoms with van der Waals surface area (Å²) in [6.45, 7) is 1.86. The first kappa shape index (κ1) is 17.7. The molecule has 0 fully saturated rings. The lowest BCUT2D eigenvalue weighted by molar-refractivity contribution is 0.0970. The summed E-state index contributed by atoms with van der Waals surface area (Å²) in [5.74, 6) is 0.389. The van der Waals surface area contributed by atoms with Gasteiger partial charge in [-0.05, 0) is 30.7 Å². The van der Waals surface area contributed by atoms with E-state index >= 15 is 0 Å². The Morgan fingerprint density at radius 2 is 1.96 bits per heavy atom. The highest BCUT2D eigenvalue weighted by Gasteiger charge is 2.15. The second-order valence-electron chi connectivity index (χ2n) is 6.41. The van der Waals surface area contributed by atoms with E-state index in [0.29, 0.717) is 22.3 Å². The minimum atomic E-state index is -0.305. The molecular formula is C21H18N4O3. The Hall–Kier alpha value is -3.74. The van der Waals surface area contributed by atoms with Crippen molar-refractivity contribution in [1.29, 1.82) is 0 Å². The SMILES string of the molecule is COc1cccc(C(=O)Cn2cnc3c(cnn3-c3ccccc3C)c2=O)c1. The van der Waals surface area contributed by atoms with Crippen molar-refractivity contribution >= 4 is 16.8 Å². The van der Waals surface area contributed by atoms with Crippen LogP contribution in [0.4, 0.5) is 0 Å². The molecule has 0 amide bonds. The van der Waals surface area contributed by atoms with Crippen LogP contribution in [0.1, 0.15) is 15.9 Å². The van der Waals surface area contributed by atoms with E-state index in [2.05, 4.69) is 10.1 Å². The van der Waals surface area contributed by atoms with Gasteiger partial charge >= 0.3 is 0 Å². The fourth-order valence-corrected chi connectivity index (χ4v) is 3.08. The smallest absolute Gasteiger partial charge is 0.264 e. The highest BCUT2D eigenvalue weighted by atomic mass is 16.5. The van der Waals surface area contributed by atoms with Crippen LogP contribution in [-0.4, -0.2) is 32.2 Å². The van der Waals surface area contributed by atoms with Gasteiger partial charge in [-0.1, -0.05) is 30.3 Å². The Bertz CT molecular complexity index is 1240. The van der Waals surface area contributed by atoms with Gasteiger partial charge in [0.1, 0.15) is 17.5 Å². The molecule has 4 aromatic rings. The zero-order valence-corrected chi connectivity index (χ0v) is 15.5. The van der Waals surface area contributed by atoms with Crippen molar-refractivity contribution in [2.45, 2.75) is 13.5 Å². The number of carbonyl (C=O) groups is 1. The molecule has 0 radical (unpaired) electrons. The average Bonchev–Trinajstić information content (AvgIpc) is 3.15. The largest absolute Gasteiger partial charge is 0.497 e. The van der Waals surface area contributed by atoms with Gasteiger partial charge in [0.25, 0.3) is 5.56 Å². The molecule has 2 aromatic carbocycles. The first-order chi connectivity index (χ1) is 13.6. The molecule has 7 nitrogen and oxygen atoms in total. The maximum Gasteiger partial charge on any atom is 0.264 e. The fourth-order valence-electron chi connectivity index (χ4n) is 3.08. The van der Waals surface area contributed by atoms with Crippen molar-refractivity contribution in [1.82, 2.24) is 19.3 Å². The van der Waals surface area contributed by atoms with Gasteiger partial charge < -0.3 is 4.74 Å². The van der Waals surface area contributed by atoms with Crippen molar-refractivity contribution in [2.24, 2.45) is 0 Å². The van der Waals surface area contributed by atoms with Gasteiger partial charge in [0.2, 0.25) is 0 Å². The van der Waals surface area contributed by atoms with Crippen LogP contribution in [0.25, 0.3) is 16.7 Å². The molecule has 0 aliphatic carbocycles. The van der Waals surface area contributed by atoms with Gasteiger partial charge in [-0.3, -0.25) is 14.2 Å². The number of Topliss-reactive ketones (excluding diaryl/α,β-unsaturated/α-hetero) is 1. The Labute approximate surface area is 160 Å². The molecule has 0 saturated carbocycles. The fraction of sp³-hybridized carbons (Fsp3) is 0.143. The summed E-state index contributed by atoms with van der Waals surface area (Å²) in [6, 6.07) is 14.6. The number of ketones is 1. The number of benzene rings is 2. The second kappa shape index (κ2) is 7.11. The van der Waals surface area contributed by atoms with Gasteiger partial charge in [-0.2, -0.15) is 5.10 Å². The monoisotopic (exact) mass is 374 g/mol. The molecular weight excluding hydrogens is 356 g/mol. The summed E-state index contributed by atoms with van der Waals surface area (Å²) in [6.07, 6.45) is 2.88. The number of fused-ring (bicyclic) bond motifs is 1. The van der Waals surface area contributed by atoms with Gasteiger partial charge in [-0.15, -0.1) is 0 Å². The van der Waals surface area contributed by atoms with Gasteiger partial charge in [-0.25, -0.2) is 9.67 Å². The van der Waals surface area contributed by atoms with Crippen LogP contribution in [0, 0.1) is 6.92 Å². The van der Waals surface area contributed by atoms with Gasteiger partial charge in [0.15, 0.2) is 11.4 Å². The van der Waals surface area contributed by atoms with E-state index < -0.39 is 0 Å². The Morgan fingerprint density at radius 3 is 2.75 bits per heavy atom. The summed E-state index contributed by atoms with van der Waals surface area (Å²) in [4.78, 5) is 29.8. The van der Waals surface area contributed by atoms with Crippen molar-refractivity contribution < 1.29 is 9.53 Å². The third-order valence-electron chi connectivity index (χ3n) is 4.60. The maximum atomic E-state index is 12.8. The van der Waals surface area contributed by atoms with E-state index in [9.17, 15) is 9.59 Å². The highest BCUT2D eigenvalue weighted by molar-refractivity contribution is 5.96. The Balaban J connectivity index is 1.70. The third kappa shape index (κ3) is 3.07. The zero-order chi connectivity index (χ0) is 19.7. The summed E-state index contributed by atoms with van der Waals surface area (Å²) < 4.78 is 8.09. The Kier molecular flexibility index (Phi) is 4.49. The van der Waals surface area contributed by atoms with Crippen LogP contribution < -0.4 is 10.3 Å². The number of methoxy groups -OCH3 is 1. The van der Waals surface area contributed by atoms with Gasteiger partial charge in [0.05, 0.1) is 25.5 Å². The second-order valence-corrected chi connectivity index (χ2v) is 6.41. The molecule has 0 aliphatic rings. The molecule has 140 valence electrons.